The largest absolute Gasteiger partial charge is 0.311 e. The van der Waals surface area contributed by atoms with Gasteiger partial charge < -0.3 is 9.80 Å². The third-order valence-corrected chi connectivity index (χ3v) is 4.66. The minimum atomic E-state index is -0.346. The molecule has 0 bridgehead atoms. The standard InChI is InChI=1S/C17H24ClN5O/c1-6-11(4)15(18)21-16-13(7-2)22(5)17(24)14(8-3)23(16)12-9-19-20-10-12/h7,9-10,14H,6,8H2,1-5H3,(H,19,20)/b13-7+,15-11+,21-16+. The molecule has 2 rings (SSSR count). The molecule has 1 amide bonds. The number of rotatable bonds is 4. The van der Waals surface area contributed by atoms with Crippen LogP contribution in [-0.2, 0) is 4.79 Å². The molecule has 6 nitrogen and oxygen atoms in total. The number of allylic oxidation sites excluding steroid dienone is 2. The fraction of sp³-hybridized carbons (Fsp3) is 0.471. The summed E-state index contributed by atoms with van der Waals surface area (Å²) in [6.07, 6.45) is 6.79. The number of anilines is 1. The van der Waals surface area contributed by atoms with Crippen LogP contribution in [0.1, 0.15) is 40.5 Å². The summed E-state index contributed by atoms with van der Waals surface area (Å²) in [4.78, 5) is 21.0. The van der Waals surface area contributed by atoms with Gasteiger partial charge in [0.25, 0.3) is 0 Å². The first kappa shape index (κ1) is 18.3. The van der Waals surface area contributed by atoms with Crippen molar-refractivity contribution in [2.45, 2.75) is 46.6 Å². The van der Waals surface area contributed by atoms with Crippen LogP contribution >= 0.6 is 11.6 Å². The van der Waals surface area contributed by atoms with E-state index in [-0.39, 0.29) is 11.9 Å². The van der Waals surface area contributed by atoms with E-state index in [9.17, 15) is 4.79 Å². The maximum atomic E-state index is 12.8. The number of aromatic amines is 1. The molecule has 1 aliphatic rings. The average Bonchev–Trinajstić information content (AvgIpc) is 3.11. The maximum Gasteiger partial charge on any atom is 0.249 e. The lowest BCUT2D eigenvalue weighted by atomic mass is 10.0. The zero-order valence-electron chi connectivity index (χ0n) is 14.8. The molecule has 0 saturated carbocycles. The Hall–Kier alpha value is -2.08. The molecule has 1 aromatic rings. The summed E-state index contributed by atoms with van der Waals surface area (Å²) in [5.41, 5.74) is 2.52. The molecule has 24 heavy (non-hydrogen) atoms. The molecule has 7 heteroatoms. The lowest BCUT2D eigenvalue weighted by molar-refractivity contribution is -0.129. The number of aliphatic imine (C=N–C) groups is 1. The van der Waals surface area contributed by atoms with E-state index in [2.05, 4.69) is 15.2 Å². The minimum Gasteiger partial charge on any atom is -0.311 e. The molecule has 1 unspecified atom stereocenters. The van der Waals surface area contributed by atoms with E-state index in [0.717, 1.165) is 23.4 Å². The number of halogens is 1. The van der Waals surface area contributed by atoms with E-state index in [1.807, 2.05) is 38.7 Å². The SMILES string of the molecule is C\C=C1/C(=N\C(Cl)=C(/C)CC)N(c2cn[nH]c2)C(CC)C(=O)N1C. The number of carbonyl (C=O) groups excluding carboxylic acids is 1. The summed E-state index contributed by atoms with van der Waals surface area (Å²) in [5, 5.41) is 7.27. The fourth-order valence-electron chi connectivity index (χ4n) is 2.68. The summed E-state index contributed by atoms with van der Waals surface area (Å²) in [6, 6.07) is -0.346. The van der Waals surface area contributed by atoms with Crippen molar-refractivity contribution in [2.75, 3.05) is 11.9 Å². The number of nitrogens with one attached hydrogen (secondary N) is 1. The Morgan fingerprint density at radius 2 is 2.21 bits per heavy atom. The zero-order chi connectivity index (χ0) is 17.9. The van der Waals surface area contributed by atoms with Gasteiger partial charge >= 0.3 is 0 Å². The number of amidine groups is 1. The predicted octanol–water partition coefficient (Wildman–Crippen LogP) is 3.65. The van der Waals surface area contributed by atoms with Crippen LogP contribution in [0.3, 0.4) is 0 Å². The molecule has 0 spiro atoms. The smallest absolute Gasteiger partial charge is 0.249 e. The van der Waals surface area contributed by atoms with Gasteiger partial charge in [-0.1, -0.05) is 31.5 Å². The first-order valence-corrected chi connectivity index (χ1v) is 8.50. The molecule has 130 valence electrons. The van der Waals surface area contributed by atoms with E-state index in [4.69, 9.17) is 11.6 Å². The van der Waals surface area contributed by atoms with Crippen molar-refractivity contribution in [3.05, 3.63) is 34.9 Å². The Bertz CT molecular complexity index is 690. The Morgan fingerprint density at radius 1 is 1.50 bits per heavy atom. The molecule has 0 aromatic carbocycles. The number of carbonyl (C=O) groups is 1. The van der Waals surface area contributed by atoms with Gasteiger partial charge in [0.05, 0.1) is 17.6 Å². The Balaban J connectivity index is 2.67. The van der Waals surface area contributed by atoms with E-state index in [0.29, 0.717) is 17.4 Å². The quantitative estimate of drug-likeness (QED) is 0.844. The summed E-state index contributed by atoms with van der Waals surface area (Å²) in [7, 11) is 1.77. The molecule has 0 radical (unpaired) electrons. The lowest BCUT2D eigenvalue weighted by Crippen LogP contribution is -2.57. The van der Waals surface area contributed by atoms with Crippen molar-refractivity contribution < 1.29 is 4.79 Å². The highest BCUT2D eigenvalue weighted by Crippen LogP contribution is 2.29. The Kier molecular flexibility index (Phi) is 5.83. The van der Waals surface area contributed by atoms with Crippen molar-refractivity contribution in [1.82, 2.24) is 15.1 Å². The predicted molar refractivity (Wildman–Crippen MR) is 98.0 cm³/mol. The van der Waals surface area contributed by atoms with E-state index >= 15 is 0 Å². The van der Waals surface area contributed by atoms with Gasteiger partial charge in [-0.25, -0.2) is 4.99 Å². The molecular weight excluding hydrogens is 326 g/mol. The fourth-order valence-corrected chi connectivity index (χ4v) is 2.89. The summed E-state index contributed by atoms with van der Waals surface area (Å²) in [5.74, 6) is 0.684. The van der Waals surface area contributed by atoms with Crippen molar-refractivity contribution in [3.63, 3.8) is 0 Å². The minimum absolute atomic E-state index is 0.0260. The van der Waals surface area contributed by atoms with Crippen LogP contribution in [0.15, 0.2) is 39.9 Å². The van der Waals surface area contributed by atoms with E-state index in [1.54, 1.807) is 24.3 Å². The van der Waals surface area contributed by atoms with Crippen LogP contribution in [-0.4, -0.2) is 39.9 Å². The van der Waals surface area contributed by atoms with Gasteiger partial charge in [0, 0.05) is 13.2 Å². The monoisotopic (exact) mass is 349 g/mol. The van der Waals surface area contributed by atoms with E-state index in [1.165, 1.54) is 0 Å². The summed E-state index contributed by atoms with van der Waals surface area (Å²) < 4.78 is 0. The van der Waals surface area contributed by atoms with Gasteiger partial charge in [-0.3, -0.25) is 9.89 Å². The van der Waals surface area contributed by atoms with Crippen LogP contribution in [0.2, 0.25) is 0 Å². The Labute approximate surface area is 147 Å². The molecule has 1 fully saturated rings. The van der Waals surface area contributed by atoms with Gasteiger partial charge in [0.1, 0.15) is 11.2 Å². The molecular formula is C17H24ClN5O. The first-order valence-electron chi connectivity index (χ1n) is 8.12. The van der Waals surface area contributed by atoms with Gasteiger partial charge in [-0.05, 0) is 32.3 Å². The van der Waals surface area contributed by atoms with Gasteiger partial charge in [-0.2, -0.15) is 5.10 Å². The highest BCUT2D eigenvalue weighted by Gasteiger charge is 2.39. The van der Waals surface area contributed by atoms with Crippen LogP contribution in [0, 0.1) is 0 Å². The number of piperazine rings is 1. The molecule has 1 N–H and O–H groups in total. The second-order valence-corrected chi connectivity index (χ2v) is 6.04. The number of hydrogen-bond acceptors (Lipinski definition) is 3. The van der Waals surface area contributed by atoms with Crippen molar-refractivity contribution in [2.24, 2.45) is 4.99 Å². The van der Waals surface area contributed by atoms with E-state index < -0.39 is 0 Å². The van der Waals surface area contributed by atoms with Crippen molar-refractivity contribution >= 4 is 29.0 Å². The second-order valence-electron chi connectivity index (χ2n) is 5.68. The van der Waals surface area contributed by atoms with Gasteiger partial charge in [0.15, 0.2) is 5.84 Å². The molecule has 1 atom stereocenters. The number of amides is 1. The topological polar surface area (TPSA) is 64.6 Å². The number of nitrogens with zero attached hydrogens (tertiary/aromatic N) is 4. The number of H-pyrrole nitrogens is 1. The maximum absolute atomic E-state index is 12.8. The normalized spacial score (nSPS) is 23.2. The van der Waals surface area contributed by atoms with Crippen LogP contribution in [0.4, 0.5) is 5.69 Å². The highest BCUT2D eigenvalue weighted by molar-refractivity contribution is 6.31. The molecule has 1 saturated heterocycles. The first-order chi connectivity index (χ1) is 11.5. The molecule has 0 aliphatic carbocycles. The molecule has 2 heterocycles. The number of hydrogen-bond donors (Lipinski definition) is 1. The van der Waals surface area contributed by atoms with Crippen molar-refractivity contribution in [3.8, 4) is 0 Å². The average molecular weight is 350 g/mol. The highest BCUT2D eigenvalue weighted by atomic mass is 35.5. The third kappa shape index (κ3) is 3.24. The number of aromatic nitrogens is 2. The number of likely N-dealkylation sites (N-methyl/N-ethyl adjacent to an activating group) is 1. The summed E-state index contributed by atoms with van der Waals surface area (Å²) >= 11 is 6.40. The van der Waals surface area contributed by atoms with Gasteiger partial charge in [-0.15, -0.1) is 0 Å². The van der Waals surface area contributed by atoms with Crippen LogP contribution in [0.25, 0.3) is 0 Å². The summed E-state index contributed by atoms with van der Waals surface area (Å²) in [6.45, 7) is 7.86. The van der Waals surface area contributed by atoms with Gasteiger partial charge in [0.2, 0.25) is 5.91 Å². The van der Waals surface area contributed by atoms with Crippen LogP contribution in [0.5, 0.6) is 0 Å². The third-order valence-electron chi connectivity index (χ3n) is 4.25. The second kappa shape index (κ2) is 7.66. The van der Waals surface area contributed by atoms with Crippen molar-refractivity contribution in [1.29, 1.82) is 0 Å². The van der Waals surface area contributed by atoms with Crippen LogP contribution < -0.4 is 4.90 Å². The lowest BCUT2D eigenvalue weighted by Gasteiger charge is -2.41. The Morgan fingerprint density at radius 3 is 2.71 bits per heavy atom. The molecule has 1 aromatic heterocycles. The zero-order valence-corrected chi connectivity index (χ0v) is 15.6. The molecule has 1 aliphatic heterocycles.